The van der Waals surface area contributed by atoms with E-state index in [-0.39, 0.29) is 11.8 Å². The van der Waals surface area contributed by atoms with Crippen LogP contribution in [0.2, 0.25) is 0 Å². The Morgan fingerprint density at radius 3 is 2.58 bits per heavy atom. The monoisotopic (exact) mass is 266 g/mol. The highest BCUT2D eigenvalue weighted by atomic mass is 16.5. The van der Waals surface area contributed by atoms with Crippen LogP contribution >= 0.6 is 0 Å². The first-order valence-corrected chi connectivity index (χ1v) is 6.21. The molecular formula is C14H22N2O3. The number of benzene rings is 1. The predicted molar refractivity (Wildman–Crippen MR) is 74.7 cm³/mol. The molecule has 0 radical (unpaired) electrons. The summed E-state index contributed by atoms with van der Waals surface area (Å²) in [5, 5.41) is 0. The van der Waals surface area contributed by atoms with Crippen LogP contribution in [0.4, 0.5) is 0 Å². The van der Waals surface area contributed by atoms with Gasteiger partial charge in [-0.15, -0.1) is 0 Å². The molecular weight excluding hydrogens is 244 g/mol. The molecule has 0 heterocycles. The van der Waals surface area contributed by atoms with Gasteiger partial charge in [0.2, 0.25) is 0 Å². The van der Waals surface area contributed by atoms with Gasteiger partial charge in [-0.05, 0) is 24.6 Å². The van der Waals surface area contributed by atoms with E-state index in [1.165, 1.54) is 7.11 Å². The number of rotatable bonds is 6. The molecule has 1 aromatic rings. The topological polar surface area (TPSA) is 64.8 Å². The second kappa shape index (κ2) is 6.99. The van der Waals surface area contributed by atoms with E-state index in [1.54, 1.807) is 37.3 Å². The zero-order valence-corrected chi connectivity index (χ0v) is 12.0. The van der Waals surface area contributed by atoms with Crippen molar-refractivity contribution in [3.05, 3.63) is 23.8 Å². The van der Waals surface area contributed by atoms with Crippen LogP contribution in [0, 0.1) is 5.92 Å². The molecule has 0 aliphatic rings. The third-order valence-corrected chi connectivity index (χ3v) is 2.97. The van der Waals surface area contributed by atoms with Crippen molar-refractivity contribution in [2.24, 2.45) is 11.7 Å². The second-order valence-corrected chi connectivity index (χ2v) is 4.57. The van der Waals surface area contributed by atoms with Crippen molar-refractivity contribution < 1.29 is 14.3 Å². The van der Waals surface area contributed by atoms with Gasteiger partial charge in [-0.1, -0.05) is 13.0 Å². The Hall–Kier alpha value is -1.75. The van der Waals surface area contributed by atoms with Gasteiger partial charge in [-0.25, -0.2) is 0 Å². The normalized spacial score (nSPS) is 11.8. The SMILES string of the molecule is COc1cccc(C(=O)N(C)CC(C)CN)c1OC. The number of nitrogens with zero attached hydrogens (tertiary/aromatic N) is 1. The summed E-state index contributed by atoms with van der Waals surface area (Å²) in [5.41, 5.74) is 6.07. The molecule has 5 nitrogen and oxygen atoms in total. The maximum absolute atomic E-state index is 12.4. The maximum Gasteiger partial charge on any atom is 0.257 e. The first-order chi connectivity index (χ1) is 9.04. The molecule has 0 aliphatic heterocycles. The molecule has 5 heteroatoms. The molecule has 2 N–H and O–H groups in total. The van der Waals surface area contributed by atoms with Crippen molar-refractivity contribution in [3.8, 4) is 11.5 Å². The molecule has 19 heavy (non-hydrogen) atoms. The fraction of sp³-hybridized carbons (Fsp3) is 0.500. The number of ether oxygens (including phenoxy) is 2. The molecule has 1 unspecified atom stereocenters. The number of methoxy groups -OCH3 is 2. The minimum absolute atomic E-state index is 0.101. The number of para-hydroxylation sites is 1. The van der Waals surface area contributed by atoms with E-state index < -0.39 is 0 Å². The van der Waals surface area contributed by atoms with Crippen molar-refractivity contribution in [1.82, 2.24) is 4.90 Å². The Morgan fingerprint density at radius 2 is 2.05 bits per heavy atom. The van der Waals surface area contributed by atoms with Gasteiger partial charge in [0.25, 0.3) is 5.91 Å². The molecule has 0 bridgehead atoms. The number of carbonyl (C=O) groups excluding carboxylic acids is 1. The van der Waals surface area contributed by atoms with Crippen LogP contribution in [0.1, 0.15) is 17.3 Å². The van der Waals surface area contributed by atoms with Crippen LogP contribution in [0.3, 0.4) is 0 Å². The summed E-state index contributed by atoms with van der Waals surface area (Å²) in [6, 6.07) is 5.26. The molecule has 1 atom stereocenters. The van der Waals surface area contributed by atoms with E-state index >= 15 is 0 Å². The van der Waals surface area contributed by atoms with Gasteiger partial charge in [0.15, 0.2) is 11.5 Å². The summed E-state index contributed by atoms with van der Waals surface area (Å²) in [6.07, 6.45) is 0. The Labute approximate surface area is 114 Å². The van der Waals surface area contributed by atoms with Crippen molar-refractivity contribution >= 4 is 5.91 Å². The minimum atomic E-state index is -0.101. The minimum Gasteiger partial charge on any atom is -0.493 e. The fourth-order valence-electron chi connectivity index (χ4n) is 1.89. The van der Waals surface area contributed by atoms with E-state index in [4.69, 9.17) is 15.2 Å². The van der Waals surface area contributed by atoms with Crippen molar-refractivity contribution in [2.45, 2.75) is 6.92 Å². The zero-order chi connectivity index (χ0) is 14.4. The van der Waals surface area contributed by atoms with E-state index in [0.29, 0.717) is 30.2 Å². The van der Waals surface area contributed by atoms with Gasteiger partial charge in [0.1, 0.15) is 0 Å². The highest BCUT2D eigenvalue weighted by Crippen LogP contribution is 2.31. The van der Waals surface area contributed by atoms with E-state index in [9.17, 15) is 4.79 Å². The van der Waals surface area contributed by atoms with Crippen LogP contribution in [0.25, 0.3) is 0 Å². The van der Waals surface area contributed by atoms with Crippen LogP contribution in [0.15, 0.2) is 18.2 Å². The highest BCUT2D eigenvalue weighted by molar-refractivity contribution is 5.97. The average molecular weight is 266 g/mol. The first-order valence-electron chi connectivity index (χ1n) is 6.21. The lowest BCUT2D eigenvalue weighted by Crippen LogP contribution is -2.33. The predicted octanol–water partition coefficient (Wildman–Crippen LogP) is 1.37. The molecule has 106 valence electrons. The summed E-state index contributed by atoms with van der Waals surface area (Å²) in [6.45, 7) is 3.16. The van der Waals surface area contributed by atoms with Gasteiger partial charge in [0, 0.05) is 13.6 Å². The molecule has 1 amide bonds. The van der Waals surface area contributed by atoms with Gasteiger partial charge in [-0.3, -0.25) is 4.79 Å². The largest absolute Gasteiger partial charge is 0.493 e. The lowest BCUT2D eigenvalue weighted by atomic mass is 10.1. The summed E-state index contributed by atoms with van der Waals surface area (Å²) in [5.74, 6) is 1.16. The van der Waals surface area contributed by atoms with E-state index in [1.807, 2.05) is 6.92 Å². The molecule has 0 fully saturated rings. The van der Waals surface area contributed by atoms with E-state index in [2.05, 4.69) is 0 Å². The van der Waals surface area contributed by atoms with Gasteiger partial charge < -0.3 is 20.1 Å². The van der Waals surface area contributed by atoms with Crippen LogP contribution < -0.4 is 15.2 Å². The molecule has 0 spiro atoms. The summed E-state index contributed by atoms with van der Waals surface area (Å²) in [4.78, 5) is 14.0. The van der Waals surface area contributed by atoms with Gasteiger partial charge >= 0.3 is 0 Å². The summed E-state index contributed by atoms with van der Waals surface area (Å²) < 4.78 is 10.5. The van der Waals surface area contributed by atoms with Crippen molar-refractivity contribution in [2.75, 3.05) is 34.4 Å². The molecule has 1 rings (SSSR count). The zero-order valence-electron chi connectivity index (χ0n) is 12.0. The number of carbonyl (C=O) groups is 1. The Morgan fingerprint density at radius 1 is 1.37 bits per heavy atom. The highest BCUT2D eigenvalue weighted by Gasteiger charge is 2.20. The van der Waals surface area contributed by atoms with Crippen molar-refractivity contribution in [3.63, 3.8) is 0 Å². The quantitative estimate of drug-likeness (QED) is 0.844. The Balaban J connectivity index is 2.99. The van der Waals surface area contributed by atoms with Gasteiger partial charge in [0.05, 0.1) is 19.8 Å². The fourth-order valence-corrected chi connectivity index (χ4v) is 1.89. The van der Waals surface area contributed by atoms with Crippen LogP contribution in [-0.4, -0.2) is 45.2 Å². The second-order valence-electron chi connectivity index (χ2n) is 4.57. The lowest BCUT2D eigenvalue weighted by molar-refractivity contribution is 0.0773. The number of amides is 1. The summed E-state index contributed by atoms with van der Waals surface area (Å²) >= 11 is 0. The Kier molecular flexibility index (Phi) is 5.63. The average Bonchev–Trinajstić information content (AvgIpc) is 2.44. The lowest BCUT2D eigenvalue weighted by Gasteiger charge is -2.22. The number of hydrogen-bond acceptors (Lipinski definition) is 4. The smallest absolute Gasteiger partial charge is 0.257 e. The third kappa shape index (κ3) is 3.61. The molecule has 1 aromatic carbocycles. The molecule has 0 saturated heterocycles. The van der Waals surface area contributed by atoms with Crippen LogP contribution in [0.5, 0.6) is 11.5 Å². The van der Waals surface area contributed by atoms with Gasteiger partial charge in [-0.2, -0.15) is 0 Å². The van der Waals surface area contributed by atoms with Crippen molar-refractivity contribution in [1.29, 1.82) is 0 Å². The molecule has 0 saturated carbocycles. The summed E-state index contributed by atoms with van der Waals surface area (Å²) in [7, 11) is 4.83. The number of hydrogen-bond donors (Lipinski definition) is 1. The first kappa shape index (κ1) is 15.3. The standard InChI is InChI=1S/C14H22N2O3/c1-10(8-15)9-16(2)14(17)11-6-5-7-12(18-3)13(11)19-4/h5-7,10H,8-9,15H2,1-4H3. The third-order valence-electron chi connectivity index (χ3n) is 2.97. The van der Waals surface area contributed by atoms with Crippen LogP contribution in [-0.2, 0) is 0 Å². The van der Waals surface area contributed by atoms with E-state index in [0.717, 1.165) is 0 Å². The molecule has 0 aliphatic carbocycles. The molecule has 0 aromatic heterocycles. The maximum atomic E-state index is 12.4. The Bertz CT molecular complexity index is 435. The number of nitrogens with two attached hydrogens (primary N) is 1.